The Labute approximate surface area is 232 Å². The second kappa shape index (κ2) is 12.3. The number of carbonyl (C=O) groups is 2. The lowest BCUT2D eigenvalue weighted by molar-refractivity contribution is -0.384. The van der Waals surface area contributed by atoms with Crippen LogP contribution in [0.2, 0.25) is 5.02 Å². The van der Waals surface area contributed by atoms with Gasteiger partial charge in [0.25, 0.3) is 5.69 Å². The lowest BCUT2D eigenvalue weighted by Crippen LogP contribution is -2.47. The molecule has 0 aliphatic carbocycles. The standard InChI is InChI=1S/C28H31ClN4O6/c1-18-24(27(34)38-3)26(20-6-4-9-23(16-20)33(36)37)25(19(2)30-18)28(35)39-15-14-31-10-12-32(13-11-31)22-8-5-7-21(29)17-22/h4-9,16-17,26,30H,10-15H2,1-3H3. The molecule has 10 nitrogen and oxygen atoms in total. The fourth-order valence-corrected chi connectivity index (χ4v) is 5.23. The van der Waals surface area contributed by atoms with E-state index in [2.05, 4.69) is 15.1 Å². The lowest BCUT2D eigenvalue weighted by Gasteiger charge is -2.36. The fraction of sp³-hybridized carbons (Fsp3) is 0.357. The molecule has 0 amide bonds. The first kappa shape index (κ1) is 28.1. The second-order valence-electron chi connectivity index (χ2n) is 9.42. The Balaban J connectivity index is 1.46. The third kappa shape index (κ3) is 6.40. The Bertz CT molecular complexity index is 1330. The van der Waals surface area contributed by atoms with Crippen LogP contribution in [0.5, 0.6) is 0 Å². The average Bonchev–Trinajstić information content (AvgIpc) is 2.92. The zero-order valence-corrected chi connectivity index (χ0v) is 22.9. The molecule has 39 heavy (non-hydrogen) atoms. The second-order valence-corrected chi connectivity index (χ2v) is 9.86. The van der Waals surface area contributed by atoms with Crippen LogP contribution in [0.1, 0.15) is 25.3 Å². The molecule has 2 heterocycles. The molecule has 2 aliphatic rings. The molecule has 2 aliphatic heterocycles. The van der Waals surface area contributed by atoms with Crippen LogP contribution in [0.15, 0.2) is 71.1 Å². The molecule has 1 atom stereocenters. The van der Waals surface area contributed by atoms with Crippen LogP contribution >= 0.6 is 11.6 Å². The van der Waals surface area contributed by atoms with Crippen molar-refractivity contribution in [3.63, 3.8) is 0 Å². The predicted octanol–water partition coefficient (Wildman–Crippen LogP) is 4.02. The maximum Gasteiger partial charge on any atom is 0.336 e. The SMILES string of the molecule is COC(=O)C1=C(C)NC(C)=C(C(=O)OCCN2CCN(c3cccc(Cl)c3)CC2)C1c1cccc([N+](=O)[O-])c1. The van der Waals surface area contributed by atoms with Crippen LogP contribution < -0.4 is 10.2 Å². The van der Waals surface area contributed by atoms with Crippen molar-refractivity contribution in [2.75, 3.05) is 51.3 Å². The van der Waals surface area contributed by atoms with Crippen molar-refractivity contribution < 1.29 is 24.0 Å². The van der Waals surface area contributed by atoms with Crippen molar-refractivity contribution in [1.82, 2.24) is 10.2 Å². The number of nitrogens with one attached hydrogen (secondary N) is 1. The van der Waals surface area contributed by atoms with Crippen molar-refractivity contribution in [2.45, 2.75) is 19.8 Å². The summed E-state index contributed by atoms with van der Waals surface area (Å²) in [5.74, 6) is -2.11. The smallest absolute Gasteiger partial charge is 0.336 e. The number of esters is 2. The van der Waals surface area contributed by atoms with E-state index in [4.69, 9.17) is 21.1 Å². The maximum atomic E-state index is 13.4. The van der Waals surface area contributed by atoms with E-state index in [1.165, 1.54) is 25.3 Å². The van der Waals surface area contributed by atoms with E-state index in [1.807, 2.05) is 24.3 Å². The minimum Gasteiger partial charge on any atom is -0.466 e. The molecule has 0 bridgehead atoms. The molecule has 1 fully saturated rings. The number of hydrogen-bond donors (Lipinski definition) is 1. The van der Waals surface area contributed by atoms with E-state index in [9.17, 15) is 19.7 Å². The number of benzene rings is 2. The Kier molecular flexibility index (Phi) is 8.88. The van der Waals surface area contributed by atoms with Gasteiger partial charge in [-0.2, -0.15) is 0 Å². The first-order valence-corrected chi connectivity index (χ1v) is 13.0. The molecule has 2 aromatic carbocycles. The zero-order chi connectivity index (χ0) is 28.1. The molecule has 4 rings (SSSR count). The van der Waals surface area contributed by atoms with Crippen LogP contribution in [0, 0.1) is 10.1 Å². The van der Waals surface area contributed by atoms with Crippen molar-refractivity contribution in [2.24, 2.45) is 0 Å². The van der Waals surface area contributed by atoms with E-state index in [-0.39, 0.29) is 23.4 Å². The third-order valence-electron chi connectivity index (χ3n) is 6.99. The number of halogens is 1. The molecule has 0 saturated carbocycles. The Hall–Kier alpha value is -3.89. The zero-order valence-electron chi connectivity index (χ0n) is 22.1. The number of carbonyl (C=O) groups excluding carboxylic acids is 2. The van der Waals surface area contributed by atoms with Gasteiger partial charge in [0.05, 0.1) is 29.1 Å². The number of non-ortho nitro benzene ring substituents is 1. The Morgan fingerprint density at radius 2 is 1.69 bits per heavy atom. The number of dihydropyridines is 1. The number of rotatable bonds is 8. The van der Waals surface area contributed by atoms with Gasteiger partial charge in [-0.25, -0.2) is 9.59 Å². The van der Waals surface area contributed by atoms with Crippen molar-refractivity contribution in [3.8, 4) is 0 Å². The molecule has 0 aromatic heterocycles. The fourth-order valence-electron chi connectivity index (χ4n) is 5.04. The highest BCUT2D eigenvalue weighted by Crippen LogP contribution is 2.40. The first-order valence-electron chi connectivity index (χ1n) is 12.6. The number of anilines is 1. The lowest BCUT2D eigenvalue weighted by atomic mass is 9.80. The highest BCUT2D eigenvalue weighted by Gasteiger charge is 2.38. The van der Waals surface area contributed by atoms with Crippen molar-refractivity contribution >= 4 is 34.9 Å². The average molecular weight is 555 g/mol. The topological polar surface area (TPSA) is 114 Å². The highest BCUT2D eigenvalue weighted by atomic mass is 35.5. The number of ether oxygens (including phenoxy) is 2. The van der Waals surface area contributed by atoms with Gasteiger partial charge in [0.2, 0.25) is 0 Å². The third-order valence-corrected chi connectivity index (χ3v) is 7.22. The predicted molar refractivity (Wildman–Crippen MR) is 147 cm³/mol. The summed E-state index contributed by atoms with van der Waals surface area (Å²) in [7, 11) is 1.25. The first-order chi connectivity index (χ1) is 18.7. The number of hydrogen-bond acceptors (Lipinski definition) is 9. The number of nitro groups is 1. The number of methoxy groups -OCH3 is 1. The number of nitro benzene ring substituents is 1. The van der Waals surface area contributed by atoms with Crippen LogP contribution in [0.3, 0.4) is 0 Å². The monoisotopic (exact) mass is 554 g/mol. The minimum atomic E-state index is -0.882. The van der Waals surface area contributed by atoms with Gasteiger partial charge in [-0.15, -0.1) is 0 Å². The van der Waals surface area contributed by atoms with Gasteiger partial charge in [-0.1, -0.05) is 29.8 Å². The molecule has 0 spiro atoms. The summed E-state index contributed by atoms with van der Waals surface area (Å²) in [6.45, 7) is 7.38. The van der Waals surface area contributed by atoms with Gasteiger partial charge >= 0.3 is 11.9 Å². The molecule has 206 valence electrons. The van der Waals surface area contributed by atoms with Crippen LogP contribution in [-0.2, 0) is 19.1 Å². The quantitative estimate of drug-likeness (QED) is 0.293. The minimum absolute atomic E-state index is 0.143. The van der Waals surface area contributed by atoms with Gasteiger partial charge < -0.3 is 19.7 Å². The van der Waals surface area contributed by atoms with Crippen LogP contribution in [-0.4, -0.2) is 68.2 Å². The molecule has 1 unspecified atom stereocenters. The summed E-state index contributed by atoms with van der Waals surface area (Å²) in [6.07, 6.45) is 0. The summed E-state index contributed by atoms with van der Waals surface area (Å²) < 4.78 is 10.7. The Morgan fingerprint density at radius 3 is 2.33 bits per heavy atom. The van der Waals surface area contributed by atoms with E-state index in [1.54, 1.807) is 19.9 Å². The van der Waals surface area contributed by atoms with Crippen LogP contribution in [0.4, 0.5) is 11.4 Å². The number of nitrogens with zero attached hydrogens (tertiary/aromatic N) is 3. The van der Waals surface area contributed by atoms with Gasteiger partial charge in [-0.3, -0.25) is 15.0 Å². The maximum absolute atomic E-state index is 13.4. The van der Waals surface area contributed by atoms with E-state index in [0.717, 1.165) is 31.9 Å². The summed E-state index contributed by atoms with van der Waals surface area (Å²) >= 11 is 6.13. The number of piperazine rings is 1. The van der Waals surface area contributed by atoms with Gasteiger partial charge in [0, 0.05) is 67.0 Å². The molecule has 2 aromatic rings. The Morgan fingerprint density at radius 1 is 1.03 bits per heavy atom. The van der Waals surface area contributed by atoms with Gasteiger partial charge in [-0.05, 0) is 37.6 Å². The van der Waals surface area contributed by atoms with Crippen LogP contribution in [0.25, 0.3) is 0 Å². The molecule has 0 radical (unpaired) electrons. The summed E-state index contributed by atoms with van der Waals surface area (Å²) in [5.41, 5.74) is 2.79. The molecule has 11 heteroatoms. The molecular weight excluding hydrogens is 524 g/mol. The molecule has 1 N–H and O–H groups in total. The molecular formula is C28H31ClN4O6. The largest absolute Gasteiger partial charge is 0.466 e. The summed E-state index contributed by atoms with van der Waals surface area (Å²) in [6, 6.07) is 13.7. The van der Waals surface area contributed by atoms with E-state index in [0.29, 0.717) is 28.5 Å². The number of allylic oxidation sites excluding steroid dienone is 2. The van der Waals surface area contributed by atoms with E-state index >= 15 is 0 Å². The summed E-state index contributed by atoms with van der Waals surface area (Å²) in [4.78, 5) is 41.6. The van der Waals surface area contributed by atoms with Crippen molar-refractivity contribution in [3.05, 3.63) is 91.8 Å². The van der Waals surface area contributed by atoms with Gasteiger partial charge in [0.15, 0.2) is 0 Å². The normalized spacial score (nSPS) is 18.1. The van der Waals surface area contributed by atoms with Crippen molar-refractivity contribution in [1.29, 1.82) is 0 Å². The summed E-state index contributed by atoms with van der Waals surface area (Å²) in [5, 5.41) is 15.2. The highest BCUT2D eigenvalue weighted by molar-refractivity contribution is 6.30. The van der Waals surface area contributed by atoms with E-state index < -0.39 is 22.8 Å². The van der Waals surface area contributed by atoms with Gasteiger partial charge in [0.1, 0.15) is 6.61 Å². The molecule has 1 saturated heterocycles.